The van der Waals surface area contributed by atoms with Crippen molar-refractivity contribution in [2.24, 2.45) is 5.92 Å². The van der Waals surface area contributed by atoms with Crippen molar-refractivity contribution in [2.75, 3.05) is 25.5 Å². The highest BCUT2D eigenvalue weighted by Gasteiger charge is 2.14. The second kappa shape index (κ2) is 10.7. The first-order valence-corrected chi connectivity index (χ1v) is 12.3. The van der Waals surface area contributed by atoms with E-state index < -0.39 is 0 Å². The highest BCUT2D eigenvalue weighted by Crippen LogP contribution is 2.24. The molecule has 0 unspecified atom stereocenters. The quantitative estimate of drug-likeness (QED) is 0.199. The molecule has 0 spiro atoms. The Hall–Kier alpha value is -4.10. The maximum absolute atomic E-state index is 12.8. The smallest absolute Gasteiger partial charge is 0.227 e. The molecule has 0 bridgehead atoms. The summed E-state index contributed by atoms with van der Waals surface area (Å²) in [6, 6.07) is 15.3. The Bertz CT molecular complexity index is 1410. The zero-order valence-corrected chi connectivity index (χ0v) is 20.6. The van der Waals surface area contributed by atoms with Gasteiger partial charge in [0.15, 0.2) is 0 Å². The summed E-state index contributed by atoms with van der Waals surface area (Å²) in [7, 11) is 2.17. The minimum absolute atomic E-state index is 0.0387. The molecule has 2 N–H and O–H groups in total. The van der Waals surface area contributed by atoms with Gasteiger partial charge in [0.05, 0.1) is 17.1 Å². The third kappa shape index (κ3) is 5.75. The largest absolute Gasteiger partial charge is 0.352 e. The summed E-state index contributed by atoms with van der Waals surface area (Å²) >= 11 is 0. The van der Waals surface area contributed by atoms with Crippen LogP contribution in [0, 0.1) is 5.92 Å². The van der Waals surface area contributed by atoms with Gasteiger partial charge in [-0.1, -0.05) is 23.8 Å². The lowest BCUT2D eigenvalue weighted by Crippen LogP contribution is -2.29. The Kier molecular flexibility index (Phi) is 7.00. The highest BCUT2D eigenvalue weighted by atomic mass is 16.1. The van der Waals surface area contributed by atoms with Crippen LogP contribution in [0.4, 0.5) is 11.6 Å². The van der Waals surface area contributed by atoms with Gasteiger partial charge >= 0.3 is 0 Å². The number of rotatable bonds is 7. The lowest BCUT2D eigenvalue weighted by atomic mass is 9.95. The van der Waals surface area contributed by atoms with Gasteiger partial charge in [0, 0.05) is 29.0 Å². The van der Waals surface area contributed by atoms with Crippen LogP contribution < -0.4 is 5.32 Å². The SMILES string of the molecule is CC(/C=C/C(=O)c1cc2cc(Nc3nccc(-c4ccccn4)n3)ccc2[nH]1)=C\C1CCN(C)CC1. The van der Waals surface area contributed by atoms with Crippen molar-refractivity contribution >= 4 is 28.3 Å². The molecule has 182 valence electrons. The molecule has 0 saturated carbocycles. The van der Waals surface area contributed by atoms with Crippen LogP contribution in [0.25, 0.3) is 22.3 Å². The molecule has 3 aromatic heterocycles. The normalized spacial score (nSPS) is 15.6. The molecule has 1 aliphatic rings. The van der Waals surface area contributed by atoms with Gasteiger partial charge in [0.25, 0.3) is 0 Å². The third-order valence-corrected chi connectivity index (χ3v) is 6.48. The van der Waals surface area contributed by atoms with Crippen LogP contribution in [-0.4, -0.2) is 50.8 Å². The van der Waals surface area contributed by atoms with E-state index in [4.69, 9.17) is 0 Å². The topological polar surface area (TPSA) is 86.8 Å². The molecule has 0 atom stereocenters. The summed E-state index contributed by atoms with van der Waals surface area (Å²) in [5.41, 5.74) is 4.98. The molecule has 0 radical (unpaired) electrons. The van der Waals surface area contributed by atoms with E-state index in [1.54, 1.807) is 18.5 Å². The van der Waals surface area contributed by atoms with Crippen LogP contribution in [0.3, 0.4) is 0 Å². The van der Waals surface area contributed by atoms with Gasteiger partial charge in [-0.25, -0.2) is 9.97 Å². The van der Waals surface area contributed by atoms with Crippen molar-refractivity contribution in [1.29, 1.82) is 0 Å². The fourth-order valence-electron chi connectivity index (χ4n) is 4.47. The van der Waals surface area contributed by atoms with Crippen molar-refractivity contribution in [3.8, 4) is 11.4 Å². The number of fused-ring (bicyclic) bond motifs is 1. The number of piperidine rings is 1. The number of aromatic amines is 1. The molecule has 4 aromatic rings. The lowest BCUT2D eigenvalue weighted by molar-refractivity contribution is 0.104. The van der Waals surface area contributed by atoms with Crippen LogP contribution in [-0.2, 0) is 0 Å². The van der Waals surface area contributed by atoms with Gasteiger partial charge in [-0.3, -0.25) is 9.78 Å². The summed E-state index contributed by atoms with van der Waals surface area (Å²) in [4.78, 5) is 31.7. The maximum atomic E-state index is 12.8. The van der Waals surface area contributed by atoms with E-state index >= 15 is 0 Å². The summed E-state index contributed by atoms with van der Waals surface area (Å²) in [6.45, 7) is 4.33. The number of aromatic nitrogens is 4. The summed E-state index contributed by atoms with van der Waals surface area (Å²) in [5.74, 6) is 1.04. The molecular formula is C29H30N6O. The van der Waals surface area contributed by atoms with E-state index in [2.05, 4.69) is 50.2 Å². The fraction of sp³-hybridized carbons (Fsp3) is 0.241. The Labute approximate surface area is 211 Å². The predicted molar refractivity (Wildman–Crippen MR) is 144 cm³/mol. The van der Waals surface area contributed by atoms with E-state index in [1.807, 2.05) is 54.6 Å². The van der Waals surface area contributed by atoms with Crippen molar-refractivity contribution in [3.05, 3.63) is 90.4 Å². The van der Waals surface area contributed by atoms with Crippen molar-refractivity contribution in [2.45, 2.75) is 19.8 Å². The van der Waals surface area contributed by atoms with E-state index in [9.17, 15) is 4.79 Å². The van der Waals surface area contributed by atoms with Crippen LogP contribution in [0.2, 0.25) is 0 Å². The lowest BCUT2D eigenvalue weighted by Gasteiger charge is -2.27. The van der Waals surface area contributed by atoms with E-state index in [1.165, 1.54) is 12.8 Å². The Morgan fingerprint density at radius 3 is 2.69 bits per heavy atom. The molecule has 1 aliphatic heterocycles. The van der Waals surface area contributed by atoms with Crippen LogP contribution in [0.1, 0.15) is 30.3 Å². The molecule has 0 amide bonds. The first-order valence-electron chi connectivity index (χ1n) is 12.3. The van der Waals surface area contributed by atoms with E-state index in [0.717, 1.165) is 46.6 Å². The molecule has 7 nitrogen and oxygen atoms in total. The van der Waals surface area contributed by atoms with Crippen molar-refractivity contribution in [1.82, 2.24) is 24.8 Å². The molecule has 5 rings (SSSR count). The van der Waals surface area contributed by atoms with Gasteiger partial charge in [-0.05, 0) is 94.4 Å². The number of hydrogen-bond donors (Lipinski definition) is 2. The monoisotopic (exact) mass is 478 g/mol. The van der Waals surface area contributed by atoms with Crippen molar-refractivity contribution < 1.29 is 4.79 Å². The van der Waals surface area contributed by atoms with Crippen LogP contribution in [0.15, 0.2) is 84.7 Å². The summed E-state index contributed by atoms with van der Waals surface area (Å²) < 4.78 is 0. The first kappa shape index (κ1) is 23.6. The predicted octanol–water partition coefficient (Wildman–Crippen LogP) is 5.79. The molecule has 0 aliphatic carbocycles. The van der Waals surface area contributed by atoms with E-state index in [-0.39, 0.29) is 5.78 Å². The standard InChI is InChI=1S/C29H30N6O/c1-20(17-21-11-15-35(2)16-12-21)6-9-28(36)27-19-22-18-23(7-8-24(22)33-27)32-29-31-14-10-26(34-29)25-5-3-4-13-30-25/h3-10,13-14,17-19,21,33H,11-12,15-16H2,1-2H3,(H,31,32,34)/b9-6+,20-17+. The summed E-state index contributed by atoms with van der Waals surface area (Å²) in [6.07, 6.45) is 11.7. The number of hydrogen-bond acceptors (Lipinski definition) is 6. The Balaban J connectivity index is 1.27. The number of ketones is 1. The highest BCUT2D eigenvalue weighted by molar-refractivity contribution is 6.06. The van der Waals surface area contributed by atoms with Gasteiger partial charge in [0.2, 0.25) is 11.7 Å². The number of likely N-dealkylation sites (tertiary alicyclic amines) is 1. The molecule has 4 heterocycles. The van der Waals surface area contributed by atoms with Gasteiger partial charge < -0.3 is 15.2 Å². The molecule has 1 saturated heterocycles. The number of carbonyl (C=O) groups is 1. The first-order chi connectivity index (χ1) is 17.5. The number of carbonyl (C=O) groups excluding carboxylic acids is 1. The minimum Gasteiger partial charge on any atom is -0.352 e. The maximum Gasteiger partial charge on any atom is 0.227 e. The second-order valence-corrected chi connectivity index (χ2v) is 9.34. The number of pyridine rings is 1. The van der Waals surface area contributed by atoms with Gasteiger partial charge in [0.1, 0.15) is 0 Å². The third-order valence-electron chi connectivity index (χ3n) is 6.48. The van der Waals surface area contributed by atoms with Crippen LogP contribution in [0.5, 0.6) is 0 Å². The number of benzene rings is 1. The average molecular weight is 479 g/mol. The van der Waals surface area contributed by atoms with Gasteiger partial charge in [-0.2, -0.15) is 0 Å². The number of H-pyrrole nitrogens is 1. The minimum atomic E-state index is -0.0387. The fourth-order valence-corrected chi connectivity index (χ4v) is 4.47. The zero-order chi connectivity index (χ0) is 24.9. The Morgan fingerprint density at radius 1 is 1.03 bits per heavy atom. The van der Waals surface area contributed by atoms with Crippen LogP contribution >= 0.6 is 0 Å². The summed E-state index contributed by atoms with van der Waals surface area (Å²) in [5, 5.41) is 4.19. The molecule has 1 aromatic carbocycles. The zero-order valence-electron chi connectivity index (χ0n) is 20.6. The Morgan fingerprint density at radius 2 is 1.89 bits per heavy atom. The number of nitrogens with one attached hydrogen (secondary N) is 2. The molecule has 36 heavy (non-hydrogen) atoms. The molecule has 7 heteroatoms. The number of anilines is 2. The van der Waals surface area contributed by atoms with Crippen molar-refractivity contribution in [3.63, 3.8) is 0 Å². The molecular weight excluding hydrogens is 448 g/mol. The number of nitrogens with zero attached hydrogens (tertiary/aromatic N) is 4. The van der Waals surface area contributed by atoms with E-state index in [0.29, 0.717) is 17.6 Å². The number of allylic oxidation sites excluding steroid dienone is 4. The van der Waals surface area contributed by atoms with Gasteiger partial charge in [-0.15, -0.1) is 0 Å². The average Bonchev–Trinajstić information content (AvgIpc) is 3.33. The molecule has 1 fully saturated rings. The second-order valence-electron chi connectivity index (χ2n) is 9.34.